The number of fused-ring (bicyclic) bond motifs is 1. The SMILES string of the molecule is COc1ccc(OC)c(NC(=O)CSc2nc(=O)n(CC3CCCO3)c3c2CCC3)c1. The zero-order valence-electron chi connectivity index (χ0n) is 17.8. The molecule has 2 aliphatic rings. The molecule has 1 aromatic heterocycles. The van der Waals surface area contributed by atoms with E-state index in [-0.39, 0.29) is 23.5 Å². The van der Waals surface area contributed by atoms with E-state index < -0.39 is 0 Å². The third-order valence-electron chi connectivity index (χ3n) is 5.63. The molecule has 0 radical (unpaired) electrons. The summed E-state index contributed by atoms with van der Waals surface area (Å²) < 4.78 is 18.0. The summed E-state index contributed by atoms with van der Waals surface area (Å²) in [4.78, 5) is 29.6. The van der Waals surface area contributed by atoms with Crippen molar-refractivity contribution in [3.8, 4) is 11.5 Å². The maximum absolute atomic E-state index is 12.7. The maximum Gasteiger partial charge on any atom is 0.348 e. The summed E-state index contributed by atoms with van der Waals surface area (Å²) in [5, 5.41) is 3.52. The number of methoxy groups -OCH3 is 2. The van der Waals surface area contributed by atoms with Crippen molar-refractivity contribution in [1.29, 1.82) is 0 Å². The highest BCUT2D eigenvalue weighted by Crippen LogP contribution is 2.31. The van der Waals surface area contributed by atoms with Crippen LogP contribution in [0, 0.1) is 0 Å². The van der Waals surface area contributed by atoms with Crippen LogP contribution >= 0.6 is 11.8 Å². The monoisotopic (exact) mass is 445 g/mol. The molecule has 0 bridgehead atoms. The van der Waals surface area contributed by atoms with Gasteiger partial charge in [0, 0.05) is 23.9 Å². The van der Waals surface area contributed by atoms with Crippen LogP contribution in [0.3, 0.4) is 0 Å². The zero-order chi connectivity index (χ0) is 21.8. The van der Waals surface area contributed by atoms with E-state index in [0.29, 0.717) is 28.8 Å². The molecule has 1 N–H and O–H groups in total. The van der Waals surface area contributed by atoms with Crippen LogP contribution < -0.4 is 20.5 Å². The number of anilines is 1. The average Bonchev–Trinajstić information content (AvgIpc) is 3.46. The summed E-state index contributed by atoms with van der Waals surface area (Å²) in [6.45, 7) is 1.32. The van der Waals surface area contributed by atoms with Crippen molar-refractivity contribution in [1.82, 2.24) is 9.55 Å². The van der Waals surface area contributed by atoms with Gasteiger partial charge in [-0.3, -0.25) is 9.36 Å². The summed E-state index contributed by atoms with van der Waals surface area (Å²) >= 11 is 1.30. The van der Waals surface area contributed by atoms with E-state index in [1.165, 1.54) is 11.8 Å². The minimum absolute atomic E-state index is 0.0892. The number of nitrogens with one attached hydrogen (secondary N) is 1. The van der Waals surface area contributed by atoms with Crippen molar-refractivity contribution in [3.63, 3.8) is 0 Å². The van der Waals surface area contributed by atoms with E-state index in [0.717, 1.165) is 50.0 Å². The highest BCUT2D eigenvalue weighted by atomic mass is 32.2. The van der Waals surface area contributed by atoms with E-state index in [9.17, 15) is 9.59 Å². The van der Waals surface area contributed by atoms with E-state index >= 15 is 0 Å². The average molecular weight is 446 g/mol. The molecule has 9 heteroatoms. The van der Waals surface area contributed by atoms with Gasteiger partial charge in [0.2, 0.25) is 5.91 Å². The van der Waals surface area contributed by atoms with Gasteiger partial charge in [0.05, 0.1) is 38.3 Å². The van der Waals surface area contributed by atoms with Gasteiger partial charge in [0.25, 0.3) is 0 Å². The summed E-state index contributed by atoms with van der Waals surface area (Å²) in [6.07, 6.45) is 4.84. The van der Waals surface area contributed by atoms with Crippen molar-refractivity contribution in [3.05, 3.63) is 39.9 Å². The van der Waals surface area contributed by atoms with Crippen LogP contribution in [-0.2, 0) is 28.9 Å². The molecule has 2 aromatic rings. The number of amides is 1. The number of aromatic nitrogens is 2. The number of thioether (sulfide) groups is 1. The standard InChI is InChI=1S/C22H27N3O5S/c1-28-14-8-9-19(29-2)17(11-14)23-20(26)13-31-21-16-6-3-7-18(16)25(22(27)24-21)12-15-5-4-10-30-15/h8-9,11,15H,3-7,10,12-13H2,1-2H3,(H,23,26). The Bertz CT molecular complexity index is 1020. The number of nitrogens with zero attached hydrogens (tertiary/aromatic N) is 2. The first-order valence-electron chi connectivity index (χ1n) is 10.5. The number of hydrogen-bond donors (Lipinski definition) is 1. The topological polar surface area (TPSA) is 91.7 Å². The molecule has 1 aliphatic carbocycles. The lowest BCUT2D eigenvalue weighted by Crippen LogP contribution is -2.31. The molecule has 1 amide bonds. The fourth-order valence-electron chi connectivity index (χ4n) is 4.12. The second-order valence-electron chi connectivity index (χ2n) is 7.63. The Hall–Kier alpha value is -2.52. The van der Waals surface area contributed by atoms with Crippen molar-refractivity contribution < 1.29 is 19.0 Å². The Balaban J connectivity index is 1.46. The third-order valence-corrected chi connectivity index (χ3v) is 6.65. The molecule has 1 aromatic carbocycles. The molecule has 1 unspecified atom stereocenters. The zero-order valence-corrected chi connectivity index (χ0v) is 18.6. The van der Waals surface area contributed by atoms with Gasteiger partial charge >= 0.3 is 5.69 Å². The van der Waals surface area contributed by atoms with Crippen LogP contribution in [-0.4, -0.2) is 48.1 Å². The van der Waals surface area contributed by atoms with Crippen molar-refractivity contribution >= 4 is 23.4 Å². The molecule has 0 spiro atoms. The summed E-state index contributed by atoms with van der Waals surface area (Å²) in [6, 6.07) is 5.22. The molecule has 1 aliphatic heterocycles. The lowest BCUT2D eigenvalue weighted by Gasteiger charge is -2.17. The van der Waals surface area contributed by atoms with Gasteiger partial charge in [-0.25, -0.2) is 4.79 Å². The highest BCUT2D eigenvalue weighted by Gasteiger charge is 2.25. The summed E-state index contributed by atoms with van der Waals surface area (Å²) in [5.41, 5.74) is 2.42. The molecule has 1 fully saturated rings. The lowest BCUT2D eigenvalue weighted by molar-refractivity contribution is -0.113. The molecule has 1 saturated heterocycles. The number of carbonyl (C=O) groups excluding carboxylic acids is 1. The second kappa shape index (κ2) is 9.74. The van der Waals surface area contributed by atoms with E-state index in [1.54, 1.807) is 37.0 Å². The van der Waals surface area contributed by atoms with Crippen molar-refractivity contribution in [2.45, 2.75) is 49.8 Å². The minimum atomic E-state index is -0.256. The highest BCUT2D eigenvalue weighted by molar-refractivity contribution is 8.00. The molecule has 1 atom stereocenters. The van der Waals surface area contributed by atoms with Crippen LogP contribution in [0.1, 0.15) is 30.5 Å². The largest absolute Gasteiger partial charge is 0.497 e. The molecule has 2 heterocycles. The quantitative estimate of drug-likeness (QED) is 0.493. The summed E-state index contributed by atoms with van der Waals surface area (Å²) in [5.74, 6) is 1.12. The smallest absolute Gasteiger partial charge is 0.348 e. The predicted molar refractivity (Wildman–Crippen MR) is 118 cm³/mol. The first kappa shape index (κ1) is 21.7. The minimum Gasteiger partial charge on any atom is -0.497 e. The van der Waals surface area contributed by atoms with E-state index in [1.807, 2.05) is 0 Å². The Labute approximate surface area is 185 Å². The normalized spacial score (nSPS) is 17.4. The molecule has 31 heavy (non-hydrogen) atoms. The van der Waals surface area contributed by atoms with Gasteiger partial charge in [-0.15, -0.1) is 0 Å². The van der Waals surface area contributed by atoms with Gasteiger partial charge in [-0.2, -0.15) is 4.98 Å². The lowest BCUT2D eigenvalue weighted by atomic mass is 10.2. The number of benzene rings is 1. The van der Waals surface area contributed by atoms with Gasteiger partial charge < -0.3 is 19.5 Å². The van der Waals surface area contributed by atoms with Crippen LogP contribution in [0.5, 0.6) is 11.5 Å². The molecule has 4 rings (SSSR count). The number of ether oxygens (including phenoxy) is 3. The van der Waals surface area contributed by atoms with Gasteiger partial charge in [0.15, 0.2) is 0 Å². The fraction of sp³-hybridized carbons (Fsp3) is 0.500. The van der Waals surface area contributed by atoms with Crippen molar-refractivity contribution in [2.75, 3.05) is 31.9 Å². The Morgan fingerprint density at radius 1 is 1.29 bits per heavy atom. The summed E-state index contributed by atoms with van der Waals surface area (Å²) in [7, 11) is 3.11. The van der Waals surface area contributed by atoms with Crippen molar-refractivity contribution in [2.24, 2.45) is 0 Å². The van der Waals surface area contributed by atoms with Crippen LogP contribution in [0.4, 0.5) is 5.69 Å². The van der Waals surface area contributed by atoms with Crippen LogP contribution in [0.15, 0.2) is 28.0 Å². The van der Waals surface area contributed by atoms with Crippen LogP contribution in [0.2, 0.25) is 0 Å². The predicted octanol–water partition coefficient (Wildman–Crippen LogP) is 2.66. The van der Waals surface area contributed by atoms with Gasteiger partial charge in [-0.05, 0) is 44.2 Å². The number of hydrogen-bond acceptors (Lipinski definition) is 7. The van der Waals surface area contributed by atoms with E-state index in [4.69, 9.17) is 14.2 Å². The third kappa shape index (κ3) is 4.88. The molecule has 0 saturated carbocycles. The number of carbonyl (C=O) groups is 1. The molecular formula is C22H27N3O5S. The van der Waals surface area contributed by atoms with Gasteiger partial charge in [0.1, 0.15) is 16.5 Å². The molecule has 166 valence electrons. The maximum atomic E-state index is 12.7. The number of rotatable bonds is 8. The van der Waals surface area contributed by atoms with E-state index in [2.05, 4.69) is 10.3 Å². The Morgan fingerprint density at radius 3 is 2.90 bits per heavy atom. The Kier molecular flexibility index (Phi) is 6.82. The fourth-order valence-corrected chi connectivity index (χ4v) is 4.99. The van der Waals surface area contributed by atoms with Gasteiger partial charge in [-0.1, -0.05) is 11.8 Å². The first-order valence-corrected chi connectivity index (χ1v) is 11.5. The Morgan fingerprint density at radius 2 is 2.16 bits per heavy atom. The molecular weight excluding hydrogens is 418 g/mol. The first-order chi connectivity index (χ1) is 15.1. The molecule has 8 nitrogen and oxygen atoms in total. The second-order valence-corrected chi connectivity index (χ2v) is 8.59. The van der Waals surface area contributed by atoms with Crippen LogP contribution in [0.25, 0.3) is 0 Å².